The molecule has 3 saturated carbocycles. The highest BCUT2D eigenvalue weighted by molar-refractivity contribution is 5.22. The van der Waals surface area contributed by atoms with Crippen molar-refractivity contribution in [1.82, 2.24) is 0 Å². The van der Waals surface area contributed by atoms with Crippen molar-refractivity contribution in [2.45, 2.75) is 109 Å². The first-order valence-electron chi connectivity index (χ1n) is 13.1. The van der Waals surface area contributed by atoms with E-state index in [1.807, 2.05) is 0 Å². The molecule has 0 unspecified atom stereocenters. The Bertz CT molecular complexity index is 645. The fraction of sp³-hybridized carbons (Fsp3) is 0.786. The second-order valence-corrected chi connectivity index (χ2v) is 10.9. The van der Waals surface area contributed by atoms with Crippen molar-refractivity contribution >= 4 is 0 Å². The smallest absolute Gasteiger partial charge is 0.159 e. The minimum atomic E-state index is -0.723. The van der Waals surface area contributed by atoms with Gasteiger partial charge in [-0.05, 0) is 117 Å². The Labute approximate surface area is 183 Å². The third kappa shape index (κ3) is 5.46. The van der Waals surface area contributed by atoms with E-state index in [0.29, 0.717) is 5.92 Å². The Morgan fingerprint density at radius 2 is 1.17 bits per heavy atom. The van der Waals surface area contributed by atoms with E-state index in [1.165, 1.54) is 95.6 Å². The first kappa shape index (κ1) is 22.3. The first-order valence-corrected chi connectivity index (χ1v) is 13.1. The number of unbranched alkanes of at least 4 members (excludes halogenated alkanes) is 1. The maximum absolute atomic E-state index is 13.6. The van der Waals surface area contributed by atoms with Gasteiger partial charge in [0.2, 0.25) is 0 Å². The number of hydrogen-bond acceptors (Lipinski definition) is 0. The highest BCUT2D eigenvalue weighted by Crippen LogP contribution is 2.47. The number of halogens is 2. The number of benzene rings is 1. The lowest BCUT2D eigenvalue weighted by Gasteiger charge is -2.41. The number of rotatable bonds is 6. The molecule has 168 valence electrons. The predicted molar refractivity (Wildman–Crippen MR) is 121 cm³/mol. The second-order valence-electron chi connectivity index (χ2n) is 10.9. The summed E-state index contributed by atoms with van der Waals surface area (Å²) in [7, 11) is 0. The Hall–Kier alpha value is -0.920. The fourth-order valence-corrected chi connectivity index (χ4v) is 7.22. The van der Waals surface area contributed by atoms with Crippen LogP contribution in [0, 0.1) is 41.2 Å². The van der Waals surface area contributed by atoms with Crippen LogP contribution >= 0.6 is 0 Å². The molecule has 0 N–H and O–H groups in total. The molecule has 0 nitrogen and oxygen atoms in total. The van der Waals surface area contributed by atoms with E-state index in [9.17, 15) is 8.78 Å². The second kappa shape index (κ2) is 10.6. The van der Waals surface area contributed by atoms with Gasteiger partial charge in [-0.1, -0.05) is 45.1 Å². The monoisotopic (exact) mass is 416 g/mol. The fourth-order valence-electron chi connectivity index (χ4n) is 7.22. The zero-order chi connectivity index (χ0) is 20.9. The highest BCUT2D eigenvalue weighted by Gasteiger charge is 2.34. The van der Waals surface area contributed by atoms with Crippen LogP contribution in [0.5, 0.6) is 0 Å². The summed E-state index contributed by atoms with van der Waals surface area (Å²) in [5, 5.41) is 0. The Morgan fingerprint density at radius 1 is 0.667 bits per heavy atom. The molecule has 0 aromatic heterocycles. The zero-order valence-electron chi connectivity index (χ0n) is 19.1. The van der Waals surface area contributed by atoms with Crippen molar-refractivity contribution in [1.29, 1.82) is 0 Å². The molecule has 0 saturated heterocycles. The number of hydrogen-bond donors (Lipinski definition) is 0. The summed E-state index contributed by atoms with van der Waals surface area (Å²) >= 11 is 0. The van der Waals surface area contributed by atoms with Crippen LogP contribution in [-0.2, 0) is 0 Å². The van der Waals surface area contributed by atoms with Gasteiger partial charge in [0.05, 0.1) is 0 Å². The zero-order valence-corrected chi connectivity index (χ0v) is 19.1. The van der Waals surface area contributed by atoms with Crippen LogP contribution in [0.3, 0.4) is 0 Å². The topological polar surface area (TPSA) is 0 Å². The van der Waals surface area contributed by atoms with Crippen molar-refractivity contribution in [2.24, 2.45) is 29.6 Å². The van der Waals surface area contributed by atoms with Gasteiger partial charge >= 0.3 is 0 Å². The molecule has 4 rings (SSSR count). The van der Waals surface area contributed by atoms with Crippen LogP contribution in [0.1, 0.15) is 115 Å². The summed E-state index contributed by atoms with van der Waals surface area (Å²) in [4.78, 5) is 0. The SMILES string of the molecule is CCCC[C@H]1CC[C@H]([C@H]2CC[C@H]([C@H]3CC[C@H](c4ccc(F)c(F)c4)CC3)CC2)CC1. The van der Waals surface area contributed by atoms with E-state index >= 15 is 0 Å². The van der Waals surface area contributed by atoms with Gasteiger partial charge in [0, 0.05) is 0 Å². The van der Waals surface area contributed by atoms with Crippen LogP contribution in [0.15, 0.2) is 18.2 Å². The average Bonchev–Trinajstić information content (AvgIpc) is 2.80. The Morgan fingerprint density at radius 3 is 1.67 bits per heavy atom. The van der Waals surface area contributed by atoms with Gasteiger partial charge < -0.3 is 0 Å². The van der Waals surface area contributed by atoms with Crippen molar-refractivity contribution < 1.29 is 8.78 Å². The van der Waals surface area contributed by atoms with E-state index in [0.717, 1.165) is 48.0 Å². The Balaban J connectivity index is 1.19. The molecule has 1 aromatic rings. The highest BCUT2D eigenvalue weighted by atomic mass is 19.2. The molecule has 0 spiro atoms. The molecule has 0 bridgehead atoms. The molecule has 0 aliphatic heterocycles. The third-order valence-electron chi connectivity index (χ3n) is 9.19. The first-order chi connectivity index (χ1) is 14.6. The van der Waals surface area contributed by atoms with Gasteiger partial charge in [0.15, 0.2) is 11.6 Å². The van der Waals surface area contributed by atoms with Crippen molar-refractivity contribution in [3.63, 3.8) is 0 Å². The normalized spacial score (nSPS) is 35.3. The molecule has 0 amide bonds. The molecule has 0 atom stereocenters. The molecule has 2 heteroatoms. The van der Waals surface area contributed by atoms with Gasteiger partial charge in [-0.3, -0.25) is 0 Å². The van der Waals surface area contributed by atoms with E-state index in [4.69, 9.17) is 0 Å². The van der Waals surface area contributed by atoms with E-state index in [-0.39, 0.29) is 0 Å². The minimum Gasteiger partial charge on any atom is -0.204 e. The maximum atomic E-state index is 13.6. The predicted octanol–water partition coefficient (Wildman–Crippen LogP) is 9.04. The van der Waals surface area contributed by atoms with E-state index < -0.39 is 11.6 Å². The lowest BCUT2D eigenvalue weighted by molar-refractivity contribution is 0.108. The van der Waals surface area contributed by atoms with Crippen molar-refractivity contribution in [3.8, 4) is 0 Å². The molecule has 3 aliphatic carbocycles. The minimum absolute atomic E-state index is 0.426. The van der Waals surface area contributed by atoms with Gasteiger partial charge in [-0.2, -0.15) is 0 Å². The summed E-state index contributed by atoms with van der Waals surface area (Å²) in [5.41, 5.74) is 1.01. The van der Waals surface area contributed by atoms with E-state index in [1.54, 1.807) is 6.07 Å². The molecule has 1 aromatic carbocycles. The average molecular weight is 417 g/mol. The summed E-state index contributed by atoms with van der Waals surface area (Å²) in [5.74, 6) is 3.87. The summed E-state index contributed by atoms with van der Waals surface area (Å²) in [6.07, 6.45) is 21.0. The lowest BCUT2D eigenvalue weighted by Crippen LogP contribution is -2.29. The van der Waals surface area contributed by atoms with Gasteiger partial charge in [0.25, 0.3) is 0 Å². The molecular weight excluding hydrogens is 374 g/mol. The van der Waals surface area contributed by atoms with Crippen LogP contribution in [-0.4, -0.2) is 0 Å². The standard InChI is InChI=1S/C28H42F2/c1-2-3-4-20-5-7-21(8-6-20)22-9-11-23(12-10-22)24-13-15-25(16-14-24)26-17-18-27(29)28(30)19-26/h17-25H,2-16H2,1H3/t20-,21-,22-,23-,24-,25-. The van der Waals surface area contributed by atoms with Gasteiger partial charge in [-0.15, -0.1) is 0 Å². The summed E-state index contributed by atoms with van der Waals surface area (Å²) in [6, 6.07) is 4.53. The van der Waals surface area contributed by atoms with E-state index in [2.05, 4.69) is 6.92 Å². The molecule has 0 radical (unpaired) electrons. The lowest BCUT2D eigenvalue weighted by atomic mass is 9.64. The van der Waals surface area contributed by atoms with Crippen LogP contribution < -0.4 is 0 Å². The molecule has 3 fully saturated rings. The van der Waals surface area contributed by atoms with Crippen molar-refractivity contribution in [2.75, 3.05) is 0 Å². The van der Waals surface area contributed by atoms with Crippen LogP contribution in [0.25, 0.3) is 0 Å². The van der Waals surface area contributed by atoms with Crippen LogP contribution in [0.2, 0.25) is 0 Å². The quantitative estimate of drug-likeness (QED) is 0.434. The van der Waals surface area contributed by atoms with Crippen LogP contribution in [0.4, 0.5) is 8.78 Å². The largest absolute Gasteiger partial charge is 0.204 e. The third-order valence-corrected chi connectivity index (χ3v) is 9.19. The van der Waals surface area contributed by atoms with Gasteiger partial charge in [-0.25, -0.2) is 8.78 Å². The molecular formula is C28H42F2. The molecule has 0 heterocycles. The van der Waals surface area contributed by atoms with Gasteiger partial charge in [0.1, 0.15) is 0 Å². The maximum Gasteiger partial charge on any atom is 0.159 e. The van der Waals surface area contributed by atoms with Crippen molar-refractivity contribution in [3.05, 3.63) is 35.4 Å². The Kier molecular flexibility index (Phi) is 7.87. The summed E-state index contributed by atoms with van der Waals surface area (Å²) in [6.45, 7) is 2.32. The molecule has 30 heavy (non-hydrogen) atoms. The summed E-state index contributed by atoms with van der Waals surface area (Å²) < 4.78 is 26.8. The molecule has 3 aliphatic rings.